The second kappa shape index (κ2) is 5.47. The number of hydrogen-bond donors (Lipinski definition) is 1. The Labute approximate surface area is 128 Å². The van der Waals surface area contributed by atoms with Crippen molar-refractivity contribution in [2.75, 3.05) is 24.5 Å². The van der Waals surface area contributed by atoms with E-state index in [1.165, 1.54) is 11.7 Å². The first-order chi connectivity index (χ1) is 9.69. The minimum absolute atomic E-state index is 0.174. The Morgan fingerprint density at radius 3 is 2.90 bits per heavy atom. The van der Waals surface area contributed by atoms with Crippen molar-refractivity contribution in [3.8, 4) is 0 Å². The van der Waals surface area contributed by atoms with E-state index >= 15 is 0 Å². The van der Waals surface area contributed by atoms with Gasteiger partial charge in [0, 0.05) is 25.2 Å². The van der Waals surface area contributed by atoms with E-state index in [1.807, 2.05) is 12.1 Å². The van der Waals surface area contributed by atoms with Gasteiger partial charge in [-0.05, 0) is 25.0 Å². The molecule has 2 aromatic rings. The minimum Gasteiger partial charge on any atom is -0.365 e. The van der Waals surface area contributed by atoms with E-state index in [-0.39, 0.29) is 5.54 Å². The van der Waals surface area contributed by atoms with Gasteiger partial charge in [0.1, 0.15) is 11.0 Å². The minimum atomic E-state index is 0.174. The first-order valence-corrected chi connectivity index (χ1v) is 8.20. The molecule has 0 unspecified atom stereocenters. The van der Waals surface area contributed by atoms with Gasteiger partial charge in [0.2, 0.25) is 0 Å². The smallest absolute Gasteiger partial charge is 0.129 e. The summed E-state index contributed by atoms with van der Waals surface area (Å²) in [4.78, 5) is 2.37. The van der Waals surface area contributed by atoms with E-state index in [0.29, 0.717) is 0 Å². The molecule has 1 N–H and O–H groups in total. The Hall–Kier alpha value is -0.910. The number of rotatable bonds is 3. The predicted molar refractivity (Wildman–Crippen MR) is 86.0 cm³/mol. The SMILES string of the molecule is CCC1(CC)CN(c2c(Cl)ccc3nsnc23)CCN1. The van der Waals surface area contributed by atoms with Gasteiger partial charge < -0.3 is 10.2 Å². The highest BCUT2D eigenvalue weighted by Crippen LogP contribution is 2.35. The molecule has 0 aliphatic carbocycles. The van der Waals surface area contributed by atoms with Crippen molar-refractivity contribution in [3.63, 3.8) is 0 Å². The number of hydrogen-bond acceptors (Lipinski definition) is 5. The molecule has 0 saturated carbocycles. The summed E-state index contributed by atoms with van der Waals surface area (Å²) >= 11 is 7.70. The fraction of sp³-hybridized carbons (Fsp3) is 0.571. The number of piperazine rings is 1. The molecule has 2 heterocycles. The van der Waals surface area contributed by atoms with Crippen LogP contribution in [0.1, 0.15) is 26.7 Å². The summed E-state index contributed by atoms with van der Waals surface area (Å²) in [7, 11) is 0. The zero-order chi connectivity index (χ0) is 14.2. The van der Waals surface area contributed by atoms with Gasteiger partial charge in [-0.2, -0.15) is 8.75 Å². The third kappa shape index (κ3) is 2.28. The van der Waals surface area contributed by atoms with Crippen LogP contribution in [0.2, 0.25) is 5.02 Å². The van der Waals surface area contributed by atoms with E-state index < -0.39 is 0 Å². The molecule has 0 atom stereocenters. The van der Waals surface area contributed by atoms with Gasteiger partial charge >= 0.3 is 0 Å². The number of anilines is 1. The second-order valence-corrected chi connectivity index (χ2v) is 6.30. The molecule has 1 aromatic heterocycles. The molecule has 0 spiro atoms. The Bertz CT molecular complexity index is 608. The molecule has 20 heavy (non-hydrogen) atoms. The lowest BCUT2D eigenvalue weighted by atomic mass is 9.90. The van der Waals surface area contributed by atoms with Crippen molar-refractivity contribution in [1.29, 1.82) is 0 Å². The summed E-state index contributed by atoms with van der Waals surface area (Å²) in [5, 5.41) is 4.45. The first-order valence-electron chi connectivity index (χ1n) is 7.10. The number of nitrogens with zero attached hydrogens (tertiary/aromatic N) is 3. The van der Waals surface area contributed by atoms with E-state index in [9.17, 15) is 0 Å². The lowest BCUT2D eigenvalue weighted by Crippen LogP contribution is -2.60. The van der Waals surface area contributed by atoms with Crippen LogP contribution in [0.15, 0.2) is 12.1 Å². The van der Waals surface area contributed by atoms with Crippen molar-refractivity contribution in [2.45, 2.75) is 32.2 Å². The van der Waals surface area contributed by atoms with Crippen LogP contribution in [0.3, 0.4) is 0 Å². The monoisotopic (exact) mass is 310 g/mol. The van der Waals surface area contributed by atoms with E-state index in [2.05, 4.69) is 32.8 Å². The summed E-state index contributed by atoms with van der Waals surface area (Å²) in [5.41, 5.74) is 3.09. The highest BCUT2D eigenvalue weighted by molar-refractivity contribution is 7.00. The van der Waals surface area contributed by atoms with Gasteiger partial charge in [-0.1, -0.05) is 25.4 Å². The molecule has 0 bridgehead atoms. The summed E-state index contributed by atoms with van der Waals surface area (Å²) in [5.74, 6) is 0. The highest BCUT2D eigenvalue weighted by atomic mass is 35.5. The van der Waals surface area contributed by atoms with E-state index in [4.69, 9.17) is 11.6 Å². The number of aromatic nitrogens is 2. The quantitative estimate of drug-likeness (QED) is 0.944. The van der Waals surface area contributed by atoms with Crippen LogP contribution in [0.25, 0.3) is 11.0 Å². The van der Waals surface area contributed by atoms with Crippen LogP contribution < -0.4 is 10.2 Å². The largest absolute Gasteiger partial charge is 0.365 e. The van der Waals surface area contributed by atoms with Crippen molar-refractivity contribution < 1.29 is 0 Å². The molecule has 4 nitrogen and oxygen atoms in total. The lowest BCUT2D eigenvalue weighted by molar-refractivity contribution is 0.277. The number of fused-ring (bicyclic) bond motifs is 1. The van der Waals surface area contributed by atoms with E-state index in [1.54, 1.807) is 0 Å². The molecule has 6 heteroatoms. The van der Waals surface area contributed by atoms with Crippen molar-refractivity contribution in [1.82, 2.24) is 14.1 Å². The van der Waals surface area contributed by atoms with Gasteiger partial charge in [0.15, 0.2) is 0 Å². The van der Waals surface area contributed by atoms with Crippen LogP contribution in [-0.2, 0) is 0 Å². The summed E-state index contributed by atoms with van der Waals surface area (Å²) in [6.07, 6.45) is 2.23. The standard InChI is InChI=1S/C14H19ClN4S/c1-3-14(4-2)9-19(8-7-16-14)13-10(15)5-6-11-12(13)18-20-17-11/h5-6,16H,3-4,7-9H2,1-2H3. The van der Waals surface area contributed by atoms with Crippen molar-refractivity contribution in [3.05, 3.63) is 17.2 Å². The predicted octanol–water partition coefficient (Wildman–Crippen LogP) is 3.31. The average Bonchev–Trinajstić information content (AvgIpc) is 2.95. The number of nitrogens with one attached hydrogen (secondary N) is 1. The molecule has 1 aliphatic heterocycles. The van der Waals surface area contributed by atoms with Gasteiger partial charge in [0.25, 0.3) is 0 Å². The molecule has 3 rings (SSSR count). The third-order valence-corrected chi connectivity index (χ3v) is 5.24. The second-order valence-electron chi connectivity index (χ2n) is 5.36. The van der Waals surface area contributed by atoms with Gasteiger partial charge in [-0.3, -0.25) is 0 Å². The van der Waals surface area contributed by atoms with Crippen LogP contribution in [-0.4, -0.2) is 33.9 Å². The summed E-state index contributed by atoms with van der Waals surface area (Å²) in [6.45, 7) is 7.39. The Morgan fingerprint density at radius 1 is 1.35 bits per heavy atom. The Kier molecular flexibility index (Phi) is 3.84. The molecule has 1 aliphatic rings. The molecule has 1 fully saturated rings. The maximum absolute atomic E-state index is 6.45. The molecule has 108 valence electrons. The van der Waals surface area contributed by atoms with Gasteiger partial charge in [0.05, 0.1) is 22.4 Å². The maximum Gasteiger partial charge on any atom is 0.129 e. The summed E-state index contributed by atoms with van der Waals surface area (Å²) in [6, 6.07) is 3.88. The van der Waals surface area contributed by atoms with Crippen molar-refractivity contribution in [2.24, 2.45) is 0 Å². The Balaban J connectivity index is 2.02. The Morgan fingerprint density at radius 2 is 2.15 bits per heavy atom. The van der Waals surface area contributed by atoms with Crippen molar-refractivity contribution >= 4 is 40.0 Å². The van der Waals surface area contributed by atoms with Gasteiger partial charge in [-0.25, -0.2) is 0 Å². The number of halogens is 1. The lowest BCUT2D eigenvalue weighted by Gasteiger charge is -2.44. The zero-order valence-electron chi connectivity index (χ0n) is 11.8. The fourth-order valence-electron chi connectivity index (χ4n) is 2.98. The average molecular weight is 311 g/mol. The van der Waals surface area contributed by atoms with Gasteiger partial charge in [-0.15, -0.1) is 0 Å². The molecule has 0 radical (unpaired) electrons. The molecular formula is C14H19ClN4S. The zero-order valence-corrected chi connectivity index (χ0v) is 13.4. The molecule has 1 aromatic carbocycles. The first kappa shape index (κ1) is 14.0. The molecule has 0 amide bonds. The normalized spacial score (nSPS) is 18.6. The fourth-order valence-corrected chi connectivity index (χ4v) is 3.79. The highest BCUT2D eigenvalue weighted by Gasteiger charge is 2.33. The van der Waals surface area contributed by atoms with E-state index in [0.717, 1.165) is 54.2 Å². The molecule has 1 saturated heterocycles. The third-order valence-electron chi connectivity index (χ3n) is 4.40. The van der Waals surface area contributed by atoms with Crippen LogP contribution >= 0.6 is 23.3 Å². The van der Waals surface area contributed by atoms with Crippen LogP contribution in [0.5, 0.6) is 0 Å². The summed E-state index contributed by atoms with van der Waals surface area (Å²) < 4.78 is 8.76. The number of benzene rings is 1. The molecular weight excluding hydrogens is 292 g/mol. The van der Waals surface area contributed by atoms with Crippen LogP contribution in [0, 0.1) is 0 Å². The topological polar surface area (TPSA) is 41.1 Å². The van der Waals surface area contributed by atoms with Crippen LogP contribution in [0.4, 0.5) is 5.69 Å². The maximum atomic E-state index is 6.45.